The quantitative estimate of drug-likeness (QED) is 0.0243. The fraction of sp³-hybridized carbons (Fsp3) is 0.831. The van der Waals surface area contributed by atoms with E-state index in [1.807, 2.05) is 27.2 Å². The SMILES string of the molecule is CC/C=C\C/C=C\C/C=C\C/C=C\CCCCCCCCCCCCC(=O)NC(COP(=O)(O)OCC[N+](C)(C)C)C(O)/C=C/CCCCCCCCCCCCCCCCCCCCCCCCCCCCC. The second-order valence-corrected chi connectivity index (χ2v) is 24.2. The minimum absolute atomic E-state index is 0.0592. The van der Waals surface area contributed by atoms with Gasteiger partial charge in [0.05, 0.1) is 39.9 Å². The minimum Gasteiger partial charge on any atom is -0.387 e. The zero-order valence-corrected chi connectivity index (χ0v) is 50.5. The fourth-order valence-electron chi connectivity index (χ4n) is 9.33. The van der Waals surface area contributed by atoms with Crippen molar-refractivity contribution in [2.75, 3.05) is 40.9 Å². The molecule has 0 aromatic heterocycles. The number of quaternary nitrogens is 1. The molecule has 0 radical (unpaired) electrons. The highest BCUT2D eigenvalue weighted by Gasteiger charge is 2.27. The van der Waals surface area contributed by atoms with Crippen LogP contribution in [0.25, 0.3) is 0 Å². The van der Waals surface area contributed by atoms with Crippen molar-refractivity contribution < 1.29 is 32.9 Å². The third-order valence-corrected chi connectivity index (χ3v) is 15.2. The third kappa shape index (κ3) is 57.9. The van der Waals surface area contributed by atoms with Crippen LogP contribution in [-0.2, 0) is 18.4 Å². The number of rotatable bonds is 58. The first-order chi connectivity index (χ1) is 36.0. The maximum Gasteiger partial charge on any atom is 0.472 e. The number of carbonyl (C=O) groups excluding carboxylic acids is 1. The lowest BCUT2D eigenvalue weighted by Gasteiger charge is -2.25. The molecule has 0 aliphatic rings. The molecule has 3 atom stereocenters. The molecule has 0 saturated heterocycles. The van der Waals surface area contributed by atoms with Gasteiger partial charge in [-0.25, -0.2) is 4.57 Å². The van der Waals surface area contributed by atoms with Gasteiger partial charge in [0.25, 0.3) is 0 Å². The molecule has 0 bridgehead atoms. The van der Waals surface area contributed by atoms with Gasteiger partial charge in [-0.15, -0.1) is 0 Å². The Morgan fingerprint density at radius 3 is 1.19 bits per heavy atom. The van der Waals surface area contributed by atoms with Crippen LogP contribution in [0.3, 0.4) is 0 Å². The fourth-order valence-corrected chi connectivity index (χ4v) is 10.1. The molecule has 0 fully saturated rings. The summed E-state index contributed by atoms with van der Waals surface area (Å²) >= 11 is 0. The molecule has 0 spiro atoms. The number of carbonyl (C=O) groups is 1. The predicted molar refractivity (Wildman–Crippen MR) is 323 cm³/mol. The summed E-state index contributed by atoms with van der Waals surface area (Å²) < 4.78 is 23.8. The van der Waals surface area contributed by atoms with E-state index in [9.17, 15) is 19.4 Å². The van der Waals surface area contributed by atoms with Crippen LogP contribution in [0.1, 0.15) is 296 Å². The molecular weight excluding hydrogens is 936 g/mol. The van der Waals surface area contributed by atoms with Crippen LogP contribution in [0.2, 0.25) is 0 Å². The Hall–Kier alpha value is -1.80. The van der Waals surface area contributed by atoms with Gasteiger partial charge in [0.2, 0.25) is 5.91 Å². The average Bonchev–Trinajstić information content (AvgIpc) is 3.36. The number of allylic oxidation sites excluding steroid dienone is 9. The molecule has 74 heavy (non-hydrogen) atoms. The first-order valence-corrected chi connectivity index (χ1v) is 33.2. The first kappa shape index (κ1) is 72.2. The Balaban J connectivity index is 4.14. The van der Waals surface area contributed by atoms with Gasteiger partial charge in [0.15, 0.2) is 0 Å². The topological polar surface area (TPSA) is 105 Å². The van der Waals surface area contributed by atoms with E-state index < -0.39 is 20.0 Å². The smallest absolute Gasteiger partial charge is 0.387 e. The molecule has 0 aromatic carbocycles. The van der Waals surface area contributed by atoms with E-state index in [1.54, 1.807) is 6.08 Å². The average molecular weight is 1060 g/mol. The monoisotopic (exact) mass is 1060 g/mol. The Bertz CT molecular complexity index is 1390. The van der Waals surface area contributed by atoms with Gasteiger partial charge in [-0.2, -0.15) is 0 Å². The van der Waals surface area contributed by atoms with E-state index in [1.165, 1.54) is 212 Å². The van der Waals surface area contributed by atoms with E-state index >= 15 is 0 Å². The number of likely N-dealkylation sites (N-methyl/N-ethyl adjacent to an activating group) is 1. The molecule has 0 aliphatic carbocycles. The number of nitrogens with one attached hydrogen (secondary N) is 1. The lowest BCUT2D eigenvalue weighted by Crippen LogP contribution is -2.45. The van der Waals surface area contributed by atoms with E-state index in [0.717, 1.165) is 64.2 Å². The molecule has 0 saturated carbocycles. The third-order valence-electron chi connectivity index (χ3n) is 14.2. The molecule has 8 nitrogen and oxygen atoms in total. The van der Waals surface area contributed by atoms with Gasteiger partial charge in [0, 0.05) is 6.42 Å². The summed E-state index contributed by atoms with van der Waals surface area (Å²) in [7, 11) is 1.57. The molecular formula is C65H124N2O6P+. The van der Waals surface area contributed by atoms with Crippen LogP contribution >= 0.6 is 7.82 Å². The highest BCUT2D eigenvalue weighted by atomic mass is 31.2. The molecule has 1 amide bonds. The number of nitrogens with zero attached hydrogens (tertiary/aromatic N) is 1. The number of hydrogen-bond acceptors (Lipinski definition) is 5. The zero-order chi connectivity index (χ0) is 54.2. The lowest BCUT2D eigenvalue weighted by molar-refractivity contribution is -0.870. The summed E-state index contributed by atoms with van der Waals surface area (Å²) in [4.78, 5) is 23.4. The number of amides is 1. The number of hydrogen-bond donors (Lipinski definition) is 3. The Morgan fingerprint density at radius 1 is 0.473 bits per heavy atom. The first-order valence-electron chi connectivity index (χ1n) is 31.7. The van der Waals surface area contributed by atoms with Crippen LogP contribution < -0.4 is 5.32 Å². The van der Waals surface area contributed by atoms with Crippen LogP contribution in [-0.4, -0.2) is 73.4 Å². The summed E-state index contributed by atoms with van der Waals surface area (Å²) in [6, 6.07) is -0.853. The van der Waals surface area contributed by atoms with Crippen LogP contribution in [0, 0.1) is 0 Å². The Morgan fingerprint density at radius 2 is 0.811 bits per heavy atom. The van der Waals surface area contributed by atoms with Crippen molar-refractivity contribution in [3.63, 3.8) is 0 Å². The zero-order valence-electron chi connectivity index (χ0n) is 49.6. The van der Waals surface area contributed by atoms with Gasteiger partial charge in [-0.3, -0.25) is 13.8 Å². The van der Waals surface area contributed by atoms with Gasteiger partial charge in [-0.05, 0) is 57.8 Å². The Labute approximate surface area is 460 Å². The van der Waals surface area contributed by atoms with E-state index in [4.69, 9.17) is 9.05 Å². The molecule has 0 heterocycles. The van der Waals surface area contributed by atoms with Gasteiger partial charge >= 0.3 is 7.82 Å². The molecule has 0 aromatic rings. The van der Waals surface area contributed by atoms with Gasteiger partial charge in [0.1, 0.15) is 13.2 Å². The maximum atomic E-state index is 13.0. The predicted octanol–water partition coefficient (Wildman–Crippen LogP) is 19.7. The van der Waals surface area contributed by atoms with Crippen LogP contribution in [0.4, 0.5) is 0 Å². The van der Waals surface area contributed by atoms with Crippen molar-refractivity contribution >= 4 is 13.7 Å². The highest BCUT2D eigenvalue weighted by Crippen LogP contribution is 2.43. The summed E-state index contributed by atoms with van der Waals surface area (Å²) in [6.45, 7) is 4.73. The van der Waals surface area contributed by atoms with Gasteiger partial charge < -0.3 is 19.8 Å². The number of phosphoric ester groups is 1. The van der Waals surface area contributed by atoms with Gasteiger partial charge in [-0.1, -0.05) is 293 Å². The Kier molecular flexibility index (Phi) is 54.6. The minimum atomic E-state index is -4.35. The number of aliphatic hydroxyl groups excluding tert-OH is 1. The van der Waals surface area contributed by atoms with Crippen molar-refractivity contribution in [1.29, 1.82) is 0 Å². The molecule has 3 N–H and O–H groups in total. The van der Waals surface area contributed by atoms with Crippen LogP contribution in [0.5, 0.6) is 0 Å². The number of phosphoric acid groups is 1. The van der Waals surface area contributed by atoms with Crippen molar-refractivity contribution in [1.82, 2.24) is 5.32 Å². The lowest BCUT2D eigenvalue weighted by atomic mass is 10.0. The van der Waals surface area contributed by atoms with Crippen molar-refractivity contribution in [3.05, 3.63) is 60.8 Å². The normalized spacial score (nSPS) is 14.2. The summed E-state index contributed by atoms with van der Waals surface area (Å²) in [5.41, 5.74) is 0. The summed E-state index contributed by atoms with van der Waals surface area (Å²) in [6.07, 6.45) is 76.3. The molecule has 0 rings (SSSR count). The standard InChI is InChI=1S/C65H123N2O6P/c1-6-8-10-12-14-16-18-20-22-24-26-28-30-31-32-33-34-35-37-38-40-42-44-46-48-50-52-54-56-58-64(68)63(62-73-74(70,71)72-61-60-67(3,4)5)66-65(69)59-57-55-53-51-49-47-45-43-41-39-36-29-27-25-23-21-19-17-15-13-11-9-7-2/h9,11,15,17,21,23,27,29,56,58,63-64,68H,6-8,10,12-14,16,18-20,22,24-26,28,30-55,57,59-62H2,1-5H3,(H-,66,69,70,71)/p+1/b11-9-,17-15-,23-21-,29-27-,58-56+. The molecule has 0 aliphatic heterocycles. The van der Waals surface area contributed by atoms with Crippen molar-refractivity contribution in [2.24, 2.45) is 0 Å². The van der Waals surface area contributed by atoms with E-state index in [-0.39, 0.29) is 19.1 Å². The highest BCUT2D eigenvalue weighted by molar-refractivity contribution is 7.47. The van der Waals surface area contributed by atoms with E-state index in [2.05, 4.69) is 67.8 Å². The second-order valence-electron chi connectivity index (χ2n) is 22.8. The number of unbranched alkanes of at least 4 members (excludes halogenated alkanes) is 37. The largest absolute Gasteiger partial charge is 0.472 e. The maximum absolute atomic E-state index is 13.0. The summed E-state index contributed by atoms with van der Waals surface area (Å²) in [5.74, 6) is -0.180. The molecule has 3 unspecified atom stereocenters. The summed E-state index contributed by atoms with van der Waals surface area (Å²) in [5, 5.41) is 14.0. The molecule has 9 heteroatoms. The molecule has 434 valence electrons. The van der Waals surface area contributed by atoms with Crippen LogP contribution in [0.15, 0.2) is 60.8 Å². The van der Waals surface area contributed by atoms with E-state index in [0.29, 0.717) is 17.4 Å². The van der Waals surface area contributed by atoms with Crippen molar-refractivity contribution in [2.45, 2.75) is 309 Å². The second kappa shape index (κ2) is 55.9. The number of aliphatic hydroxyl groups is 1. The van der Waals surface area contributed by atoms with Crippen molar-refractivity contribution in [3.8, 4) is 0 Å².